The molecule has 0 aliphatic heterocycles. The summed E-state index contributed by atoms with van der Waals surface area (Å²) in [5.74, 6) is 0. The van der Waals surface area contributed by atoms with Crippen LogP contribution in [0.25, 0.3) is 0 Å². The van der Waals surface area contributed by atoms with Crippen LogP contribution in [0.2, 0.25) is 0 Å². The predicted octanol–water partition coefficient (Wildman–Crippen LogP) is 1.14. The minimum atomic E-state index is -0.532. The van der Waals surface area contributed by atoms with E-state index in [9.17, 15) is 5.11 Å². The standard InChI is InChI=1S/C15H19N3O2/c19-15(10-16-9-14-7-4-8-17-18-14)12-20-11-13-5-2-1-3-6-13/h1-8,15-16,19H,9-12H2. The maximum atomic E-state index is 9.78. The van der Waals surface area contributed by atoms with Gasteiger partial charge in [0.1, 0.15) is 0 Å². The van der Waals surface area contributed by atoms with Crippen LogP contribution in [-0.2, 0) is 17.9 Å². The van der Waals surface area contributed by atoms with Crippen molar-refractivity contribution < 1.29 is 9.84 Å². The molecule has 20 heavy (non-hydrogen) atoms. The van der Waals surface area contributed by atoms with Gasteiger partial charge in [0.15, 0.2) is 0 Å². The molecule has 1 unspecified atom stereocenters. The fourth-order valence-corrected chi connectivity index (χ4v) is 1.74. The monoisotopic (exact) mass is 273 g/mol. The average Bonchev–Trinajstić information content (AvgIpc) is 2.49. The summed E-state index contributed by atoms with van der Waals surface area (Å²) < 4.78 is 5.47. The van der Waals surface area contributed by atoms with Gasteiger partial charge in [0, 0.05) is 19.3 Å². The van der Waals surface area contributed by atoms with E-state index in [1.54, 1.807) is 6.20 Å². The zero-order valence-electron chi connectivity index (χ0n) is 11.3. The van der Waals surface area contributed by atoms with Gasteiger partial charge in [-0.2, -0.15) is 10.2 Å². The molecule has 1 heterocycles. The fraction of sp³-hybridized carbons (Fsp3) is 0.333. The molecule has 0 saturated carbocycles. The molecular weight excluding hydrogens is 254 g/mol. The van der Waals surface area contributed by atoms with Gasteiger partial charge in [-0.25, -0.2) is 0 Å². The number of aromatic nitrogens is 2. The van der Waals surface area contributed by atoms with Gasteiger partial charge in [0.05, 0.1) is 25.0 Å². The van der Waals surface area contributed by atoms with Crippen molar-refractivity contribution in [2.45, 2.75) is 19.3 Å². The summed E-state index contributed by atoms with van der Waals surface area (Å²) >= 11 is 0. The van der Waals surface area contributed by atoms with Crippen molar-refractivity contribution in [2.24, 2.45) is 0 Å². The van der Waals surface area contributed by atoms with Crippen LogP contribution in [0, 0.1) is 0 Å². The quantitative estimate of drug-likeness (QED) is 0.755. The fourth-order valence-electron chi connectivity index (χ4n) is 1.74. The summed E-state index contributed by atoms with van der Waals surface area (Å²) in [6.07, 6.45) is 1.10. The van der Waals surface area contributed by atoms with Crippen molar-refractivity contribution in [3.8, 4) is 0 Å². The van der Waals surface area contributed by atoms with Crippen LogP contribution in [0.3, 0.4) is 0 Å². The van der Waals surface area contributed by atoms with Crippen LogP contribution in [0.5, 0.6) is 0 Å². The lowest BCUT2D eigenvalue weighted by Gasteiger charge is -2.12. The highest BCUT2D eigenvalue weighted by Gasteiger charge is 2.04. The van der Waals surface area contributed by atoms with Crippen LogP contribution < -0.4 is 5.32 Å². The summed E-state index contributed by atoms with van der Waals surface area (Å²) in [6.45, 7) is 1.87. The molecule has 5 nitrogen and oxygen atoms in total. The third-order valence-electron chi connectivity index (χ3n) is 2.74. The Hall–Kier alpha value is -1.82. The second kappa shape index (κ2) is 8.37. The molecule has 1 atom stereocenters. The smallest absolute Gasteiger partial charge is 0.0897 e. The van der Waals surface area contributed by atoms with Crippen LogP contribution >= 0.6 is 0 Å². The Labute approximate surface area is 118 Å². The molecule has 0 spiro atoms. The second-order valence-electron chi connectivity index (χ2n) is 4.50. The number of aliphatic hydroxyl groups excluding tert-OH is 1. The van der Waals surface area contributed by atoms with Crippen LogP contribution in [0.15, 0.2) is 48.7 Å². The zero-order chi connectivity index (χ0) is 14.0. The van der Waals surface area contributed by atoms with Crippen molar-refractivity contribution in [3.05, 3.63) is 59.9 Å². The molecule has 0 bridgehead atoms. The first kappa shape index (κ1) is 14.6. The molecule has 2 rings (SSSR count). The number of rotatable bonds is 8. The minimum absolute atomic E-state index is 0.308. The topological polar surface area (TPSA) is 67.3 Å². The average molecular weight is 273 g/mol. The molecule has 0 aliphatic carbocycles. The number of hydrogen-bond donors (Lipinski definition) is 2. The molecule has 1 aromatic heterocycles. The highest BCUT2D eigenvalue weighted by atomic mass is 16.5. The molecule has 1 aromatic carbocycles. The molecule has 106 valence electrons. The number of benzene rings is 1. The van der Waals surface area contributed by atoms with Gasteiger partial charge in [-0.05, 0) is 17.7 Å². The third-order valence-corrected chi connectivity index (χ3v) is 2.74. The highest BCUT2D eigenvalue weighted by molar-refractivity contribution is 5.13. The van der Waals surface area contributed by atoms with E-state index in [4.69, 9.17) is 4.74 Å². The first-order chi connectivity index (χ1) is 9.84. The number of aliphatic hydroxyl groups is 1. The molecule has 0 fully saturated rings. The minimum Gasteiger partial charge on any atom is -0.389 e. The van der Waals surface area contributed by atoms with Gasteiger partial charge in [-0.15, -0.1) is 0 Å². The summed E-state index contributed by atoms with van der Waals surface area (Å²) in [7, 11) is 0. The van der Waals surface area contributed by atoms with Crippen LogP contribution in [0.4, 0.5) is 0 Å². The van der Waals surface area contributed by atoms with Crippen molar-refractivity contribution in [2.75, 3.05) is 13.2 Å². The Morgan fingerprint density at radius 3 is 2.75 bits per heavy atom. The van der Waals surface area contributed by atoms with Gasteiger partial charge in [-0.1, -0.05) is 30.3 Å². The highest BCUT2D eigenvalue weighted by Crippen LogP contribution is 2.00. The van der Waals surface area contributed by atoms with Gasteiger partial charge < -0.3 is 15.2 Å². The summed E-state index contributed by atoms with van der Waals surface area (Å²) in [5.41, 5.74) is 1.96. The van der Waals surface area contributed by atoms with Crippen molar-refractivity contribution in [1.82, 2.24) is 15.5 Å². The maximum absolute atomic E-state index is 9.78. The first-order valence-electron chi connectivity index (χ1n) is 6.61. The molecule has 2 N–H and O–H groups in total. The van der Waals surface area contributed by atoms with Crippen molar-refractivity contribution >= 4 is 0 Å². The molecule has 0 saturated heterocycles. The van der Waals surface area contributed by atoms with Gasteiger partial charge in [-0.3, -0.25) is 0 Å². The number of ether oxygens (including phenoxy) is 1. The molecule has 0 radical (unpaired) electrons. The van der Waals surface area contributed by atoms with E-state index < -0.39 is 6.10 Å². The van der Waals surface area contributed by atoms with Gasteiger partial charge in [0.2, 0.25) is 0 Å². The van der Waals surface area contributed by atoms with E-state index in [2.05, 4.69) is 15.5 Å². The lowest BCUT2D eigenvalue weighted by molar-refractivity contribution is 0.0287. The van der Waals surface area contributed by atoms with Crippen molar-refractivity contribution in [3.63, 3.8) is 0 Å². The number of nitrogens with one attached hydrogen (secondary N) is 1. The largest absolute Gasteiger partial charge is 0.389 e. The van der Waals surface area contributed by atoms with Crippen LogP contribution in [-0.4, -0.2) is 34.6 Å². The Morgan fingerprint density at radius 2 is 2.00 bits per heavy atom. The Balaban J connectivity index is 1.58. The van der Waals surface area contributed by atoms with E-state index in [1.807, 2.05) is 42.5 Å². The lowest BCUT2D eigenvalue weighted by atomic mass is 10.2. The second-order valence-corrected chi connectivity index (χ2v) is 4.50. The number of hydrogen-bond acceptors (Lipinski definition) is 5. The third kappa shape index (κ3) is 5.44. The van der Waals surface area contributed by atoms with E-state index in [0.29, 0.717) is 26.3 Å². The van der Waals surface area contributed by atoms with Crippen molar-refractivity contribution in [1.29, 1.82) is 0 Å². The van der Waals surface area contributed by atoms with Crippen LogP contribution in [0.1, 0.15) is 11.3 Å². The maximum Gasteiger partial charge on any atom is 0.0897 e. The Bertz CT molecular complexity index is 433. The SMILES string of the molecule is OC(CNCc1cccnn1)COCc1ccccc1. The summed E-state index contributed by atoms with van der Waals surface area (Å²) in [4.78, 5) is 0. The zero-order valence-corrected chi connectivity index (χ0v) is 11.3. The normalized spacial score (nSPS) is 12.2. The predicted molar refractivity (Wildman–Crippen MR) is 75.8 cm³/mol. The van der Waals surface area contributed by atoms with Gasteiger partial charge in [0.25, 0.3) is 0 Å². The molecule has 2 aromatic rings. The molecular formula is C15H19N3O2. The molecule has 0 aliphatic rings. The van der Waals surface area contributed by atoms with E-state index in [1.165, 1.54) is 0 Å². The summed E-state index contributed by atoms with van der Waals surface area (Å²) in [6, 6.07) is 13.6. The number of nitrogens with zero attached hydrogens (tertiary/aromatic N) is 2. The van der Waals surface area contributed by atoms with E-state index in [-0.39, 0.29) is 0 Å². The van der Waals surface area contributed by atoms with E-state index >= 15 is 0 Å². The Morgan fingerprint density at radius 1 is 1.15 bits per heavy atom. The summed E-state index contributed by atoms with van der Waals surface area (Å²) in [5, 5.41) is 20.6. The molecule has 5 heteroatoms. The van der Waals surface area contributed by atoms with Gasteiger partial charge >= 0.3 is 0 Å². The molecule has 0 amide bonds. The van der Waals surface area contributed by atoms with E-state index in [0.717, 1.165) is 11.3 Å². The lowest BCUT2D eigenvalue weighted by Crippen LogP contribution is -2.30. The Kier molecular flexibility index (Phi) is 6.10. The first-order valence-corrected chi connectivity index (χ1v) is 6.61.